The van der Waals surface area contributed by atoms with Gasteiger partial charge in [0.25, 0.3) is 5.91 Å². The van der Waals surface area contributed by atoms with Crippen LogP contribution in [0.25, 0.3) is 0 Å². The van der Waals surface area contributed by atoms with E-state index in [0.717, 1.165) is 0 Å². The lowest BCUT2D eigenvalue weighted by atomic mass is 9.94. The lowest BCUT2D eigenvalue weighted by Crippen LogP contribution is -2.46. The van der Waals surface area contributed by atoms with Crippen molar-refractivity contribution in [1.29, 1.82) is 0 Å². The molecule has 17 heavy (non-hydrogen) atoms. The third-order valence-electron chi connectivity index (χ3n) is 2.53. The van der Waals surface area contributed by atoms with E-state index in [1.807, 2.05) is 6.92 Å². The molecule has 94 valence electrons. The predicted octanol–water partition coefficient (Wildman–Crippen LogP) is 2.77. The number of aliphatic carboxylic acids is 1. The van der Waals surface area contributed by atoms with Gasteiger partial charge in [0.1, 0.15) is 0 Å². The molecule has 0 aliphatic heterocycles. The van der Waals surface area contributed by atoms with Gasteiger partial charge >= 0.3 is 5.97 Å². The first kappa shape index (κ1) is 14.0. The second-order valence-electron chi connectivity index (χ2n) is 4.04. The fourth-order valence-corrected chi connectivity index (χ4v) is 2.30. The van der Waals surface area contributed by atoms with Crippen LogP contribution in [0.5, 0.6) is 0 Å². The van der Waals surface area contributed by atoms with Gasteiger partial charge in [-0.05, 0) is 25.5 Å². The quantitative estimate of drug-likeness (QED) is 0.868. The molecule has 0 fully saturated rings. The number of hydrogen-bond donors (Lipinski definition) is 2. The van der Waals surface area contributed by atoms with E-state index < -0.39 is 11.5 Å². The normalized spacial score (nSPS) is 14.1. The van der Waals surface area contributed by atoms with Crippen LogP contribution in [-0.4, -0.2) is 22.5 Å². The van der Waals surface area contributed by atoms with Gasteiger partial charge in [-0.3, -0.25) is 9.59 Å². The Bertz CT molecular complexity index is 432. The van der Waals surface area contributed by atoms with Gasteiger partial charge in [-0.25, -0.2) is 0 Å². The molecule has 0 bridgehead atoms. The fourth-order valence-electron chi connectivity index (χ4n) is 1.36. The highest BCUT2D eigenvalue weighted by Crippen LogP contribution is 2.23. The van der Waals surface area contributed by atoms with Gasteiger partial charge < -0.3 is 10.4 Å². The van der Waals surface area contributed by atoms with Crippen molar-refractivity contribution in [3.05, 3.63) is 21.3 Å². The molecule has 0 saturated heterocycles. The summed E-state index contributed by atoms with van der Waals surface area (Å²) in [4.78, 5) is 23.1. The van der Waals surface area contributed by atoms with E-state index in [0.29, 0.717) is 15.6 Å². The lowest BCUT2D eigenvalue weighted by molar-refractivity contribution is -0.138. The van der Waals surface area contributed by atoms with Crippen molar-refractivity contribution in [2.24, 2.45) is 0 Å². The smallest absolute Gasteiger partial charge is 0.305 e. The molecule has 0 aliphatic carbocycles. The molecule has 6 heteroatoms. The summed E-state index contributed by atoms with van der Waals surface area (Å²) in [5.41, 5.74) is -0.737. The van der Waals surface area contributed by atoms with Gasteiger partial charge in [-0.15, -0.1) is 11.3 Å². The third-order valence-corrected chi connectivity index (χ3v) is 3.76. The van der Waals surface area contributed by atoms with Crippen molar-refractivity contribution < 1.29 is 14.7 Å². The number of amides is 1. The first-order valence-corrected chi connectivity index (χ1v) is 6.35. The van der Waals surface area contributed by atoms with Crippen LogP contribution >= 0.6 is 22.9 Å². The Morgan fingerprint density at radius 3 is 2.59 bits per heavy atom. The summed E-state index contributed by atoms with van der Waals surface area (Å²) in [6.07, 6.45) is 0.443. The molecule has 0 aromatic carbocycles. The molecule has 1 amide bonds. The average molecular weight is 276 g/mol. The highest BCUT2D eigenvalue weighted by Gasteiger charge is 2.28. The van der Waals surface area contributed by atoms with Gasteiger partial charge in [-0.2, -0.15) is 0 Å². The van der Waals surface area contributed by atoms with E-state index in [-0.39, 0.29) is 12.3 Å². The summed E-state index contributed by atoms with van der Waals surface area (Å²) in [5, 5.41) is 11.5. The summed E-state index contributed by atoms with van der Waals surface area (Å²) >= 11 is 6.91. The molecule has 0 saturated carbocycles. The van der Waals surface area contributed by atoms with Gasteiger partial charge in [0.05, 0.1) is 15.6 Å². The molecule has 1 rings (SSSR count). The van der Waals surface area contributed by atoms with Gasteiger partial charge in [0, 0.05) is 5.54 Å². The SMILES string of the molecule is CC[C@](C)(CC(=O)O)NC(=O)c1ccc(Cl)s1. The Balaban J connectivity index is 2.74. The molecule has 1 aromatic heterocycles. The molecule has 2 N–H and O–H groups in total. The molecule has 4 nitrogen and oxygen atoms in total. The maximum absolute atomic E-state index is 11.9. The molecular formula is C11H14ClNO3S. The van der Waals surface area contributed by atoms with E-state index >= 15 is 0 Å². The van der Waals surface area contributed by atoms with Crippen LogP contribution in [0.4, 0.5) is 0 Å². The fraction of sp³-hybridized carbons (Fsp3) is 0.455. The minimum Gasteiger partial charge on any atom is -0.481 e. The first-order chi connectivity index (χ1) is 7.86. The summed E-state index contributed by atoms with van der Waals surface area (Å²) in [6.45, 7) is 3.55. The van der Waals surface area contributed by atoms with Crippen LogP contribution in [-0.2, 0) is 4.79 Å². The second-order valence-corrected chi connectivity index (χ2v) is 5.76. The standard InChI is InChI=1S/C11H14ClNO3S/c1-3-11(2,6-9(14)15)13-10(16)7-4-5-8(12)17-7/h4-5H,3,6H2,1-2H3,(H,13,16)(H,14,15)/t11-/m1/s1. The lowest BCUT2D eigenvalue weighted by Gasteiger charge is -2.27. The molecule has 0 radical (unpaired) electrons. The topological polar surface area (TPSA) is 66.4 Å². The monoisotopic (exact) mass is 275 g/mol. The number of carboxylic acids is 1. The van der Waals surface area contributed by atoms with E-state index in [2.05, 4.69) is 5.32 Å². The van der Waals surface area contributed by atoms with Crippen LogP contribution in [0.1, 0.15) is 36.4 Å². The Labute approximate surface area is 109 Å². The van der Waals surface area contributed by atoms with E-state index in [1.54, 1.807) is 19.1 Å². The zero-order valence-corrected chi connectivity index (χ0v) is 11.2. The number of thiophene rings is 1. The number of hydrogen-bond acceptors (Lipinski definition) is 3. The number of nitrogens with one attached hydrogen (secondary N) is 1. The van der Waals surface area contributed by atoms with Crippen LogP contribution in [0.15, 0.2) is 12.1 Å². The zero-order chi connectivity index (χ0) is 13.1. The molecule has 0 aliphatic rings. The average Bonchev–Trinajstić information content (AvgIpc) is 2.63. The van der Waals surface area contributed by atoms with Gasteiger partial charge in [-0.1, -0.05) is 18.5 Å². The molecule has 1 aromatic rings. The van der Waals surface area contributed by atoms with Gasteiger partial charge in [0.15, 0.2) is 0 Å². The van der Waals surface area contributed by atoms with Crippen molar-refractivity contribution in [2.45, 2.75) is 32.2 Å². The summed E-state index contributed by atoms with van der Waals surface area (Å²) in [5.74, 6) is -1.22. The van der Waals surface area contributed by atoms with E-state index in [1.165, 1.54) is 11.3 Å². The highest BCUT2D eigenvalue weighted by molar-refractivity contribution is 7.18. The zero-order valence-electron chi connectivity index (χ0n) is 9.62. The maximum atomic E-state index is 11.9. The van der Waals surface area contributed by atoms with Crippen LogP contribution in [0.3, 0.4) is 0 Å². The first-order valence-electron chi connectivity index (χ1n) is 5.16. The second kappa shape index (κ2) is 5.51. The number of carbonyl (C=O) groups excluding carboxylic acids is 1. The Morgan fingerprint density at radius 1 is 1.53 bits per heavy atom. The molecule has 1 atom stereocenters. The minimum absolute atomic E-state index is 0.103. The third kappa shape index (κ3) is 4.02. The largest absolute Gasteiger partial charge is 0.481 e. The van der Waals surface area contributed by atoms with Gasteiger partial charge in [0.2, 0.25) is 0 Å². The minimum atomic E-state index is -0.932. The van der Waals surface area contributed by atoms with Crippen molar-refractivity contribution >= 4 is 34.8 Å². The summed E-state index contributed by atoms with van der Waals surface area (Å²) < 4.78 is 0.534. The molecule has 0 spiro atoms. The van der Waals surface area contributed by atoms with Crippen molar-refractivity contribution in [1.82, 2.24) is 5.32 Å². The Morgan fingerprint density at radius 2 is 2.18 bits per heavy atom. The molecular weight excluding hydrogens is 262 g/mol. The number of carbonyl (C=O) groups is 2. The molecule has 0 unspecified atom stereocenters. The number of carboxylic acid groups (broad SMARTS) is 1. The highest BCUT2D eigenvalue weighted by atomic mass is 35.5. The Kier molecular flexibility index (Phi) is 4.54. The van der Waals surface area contributed by atoms with E-state index in [4.69, 9.17) is 16.7 Å². The summed E-state index contributed by atoms with van der Waals surface area (Å²) in [6, 6.07) is 3.26. The molecule has 1 heterocycles. The van der Waals surface area contributed by atoms with Crippen LogP contribution < -0.4 is 5.32 Å². The number of rotatable bonds is 5. The van der Waals surface area contributed by atoms with Crippen LogP contribution in [0, 0.1) is 0 Å². The van der Waals surface area contributed by atoms with Crippen molar-refractivity contribution in [3.63, 3.8) is 0 Å². The van der Waals surface area contributed by atoms with E-state index in [9.17, 15) is 9.59 Å². The summed E-state index contributed by atoms with van der Waals surface area (Å²) in [7, 11) is 0. The Hall–Kier alpha value is -1.07. The van der Waals surface area contributed by atoms with Crippen molar-refractivity contribution in [3.8, 4) is 0 Å². The number of halogens is 1. The predicted molar refractivity (Wildman–Crippen MR) is 67.7 cm³/mol. The van der Waals surface area contributed by atoms with Crippen molar-refractivity contribution in [2.75, 3.05) is 0 Å². The van der Waals surface area contributed by atoms with Crippen LogP contribution in [0.2, 0.25) is 4.34 Å². The maximum Gasteiger partial charge on any atom is 0.305 e.